The van der Waals surface area contributed by atoms with E-state index in [2.05, 4.69) is 10.5 Å². The van der Waals surface area contributed by atoms with E-state index in [9.17, 15) is 4.79 Å². The van der Waals surface area contributed by atoms with Crippen LogP contribution >= 0.6 is 11.6 Å². The van der Waals surface area contributed by atoms with E-state index >= 15 is 0 Å². The van der Waals surface area contributed by atoms with E-state index in [0.717, 1.165) is 33.4 Å². The second-order valence-corrected chi connectivity index (χ2v) is 7.47. The molecule has 150 valence electrons. The van der Waals surface area contributed by atoms with Gasteiger partial charge >= 0.3 is 0 Å². The highest BCUT2D eigenvalue weighted by Crippen LogP contribution is 2.25. The lowest BCUT2D eigenvalue weighted by Gasteiger charge is -2.10. The molecule has 0 bridgehead atoms. The van der Waals surface area contributed by atoms with E-state index < -0.39 is 0 Å². The number of benzene rings is 3. The number of amides is 1. The monoisotopic (exact) mass is 424 g/mol. The molecule has 2 aromatic heterocycles. The smallest absolute Gasteiger partial charge is 0.267 e. The summed E-state index contributed by atoms with van der Waals surface area (Å²) in [6.45, 7) is 0. The van der Waals surface area contributed by atoms with Crippen LogP contribution in [0.25, 0.3) is 33.4 Å². The highest BCUT2D eigenvalue weighted by Gasteiger charge is 2.15. The standard InChI is InChI=1S/C25H17ClN4O/c26-19-12-10-18(11-13-19)22-14-15-30(28-22)29-25(31)21-16-24(17-6-2-1-3-7-17)27-23-9-5-4-8-20(21)23/h1-16H,(H,29,31). The zero-order chi connectivity index (χ0) is 21.2. The number of carbonyl (C=O) groups excluding carboxylic acids is 1. The molecule has 0 saturated carbocycles. The van der Waals surface area contributed by atoms with E-state index in [1.165, 1.54) is 4.79 Å². The van der Waals surface area contributed by atoms with Crippen LogP contribution in [0.2, 0.25) is 5.02 Å². The third-order valence-electron chi connectivity index (χ3n) is 4.98. The van der Waals surface area contributed by atoms with Gasteiger partial charge in [0.15, 0.2) is 0 Å². The average Bonchev–Trinajstić information content (AvgIpc) is 3.27. The van der Waals surface area contributed by atoms with Crippen molar-refractivity contribution in [2.45, 2.75) is 0 Å². The van der Waals surface area contributed by atoms with Crippen molar-refractivity contribution in [2.75, 3.05) is 5.43 Å². The molecule has 0 fully saturated rings. The molecular weight excluding hydrogens is 408 g/mol. The minimum Gasteiger partial charge on any atom is -0.267 e. The number of nitrogens with one attached hydrogen (secondary N) is 1. The van der Waals surface area contributed by atoms with Gasteiger partial charge in [0.1, 0.15) is 0 Å². The van der Waals surface area contributed by atoms with Crippen LogP contribution in [0, 0.1) is 0 Å². The molecule has 3 aromatic carbocycles. The SMILES string of the molecule is O=C(Nn1ccc(-c2ccc(Cl)cc2)n1)c1cc(-c2ccccc2)nc2ccccc12. The molecule has 1 N–H and O–H groups in total. The molecule has 0 radical (unpaired) electrons. The number of carbonyl (C=O) groups is 1. The lowest BCUT2D eigenvalue weighted by Crippen LogP contribution is -2.23. The average molecular weight is 425 g/mol. The van der Waals surface area contributed by atoms with Gasteiger partial charge in [-0.05, 0) is 30.3 Å². The molecule has 5 nitrogen and oxygen atoms in total. The maximum absolute atomic E-state index is 13.2. The molecule has 0 aliphatic rings. The zero-order valence-electron chi connectivity index (χ0n) is 16.4. The van der Waals surface area contributed by atoms with Crippen molar-refractivity contribution in [3.05, 3.63) is 108 Å². The van der Waals surface area contributed by atoms with Crippen LogP contribution in [-0.2, 0) is 0 Å². The number of para-hydroxylation sites is 1. The van der Waals surface area contributed by atoms with Gasteiger partial charge in [-0.2, -0.15) is 9.89 Å². The minimum absolute atomic E-state index is 0.262. The Labute approximate surface area is 183 Å². The maximum atomic E-state index is 13.2. The normalized spacial score (nSPS) is 10.9. The topological polar surface area (TPSA) is 59.8 Å². The van der Waals surface area contributed by atoms with E-state index in [4.69, 9.17) is 16.6 Å². The number of nitrogens with zero attached hydrogens (tertiary/aromatic N) is 3. The summed E-state index contributed by atoms with van der Waals surface area (Å²) in [6.07, 6.45) is 1.71. The predicted octanol–water partition coefficient (Wildman–Crippen LogP) is 5.80. The Kier molecular flexibility index (Phi) is 4.94. The fourth-order valence-corrected chi connectivity index (χ4v) is 3.57. The Morgan fingerprint density at radius 1 is 0.806 bits per heavy atom. The van der Waals surface area contributed by atoms with Gasteiger partial charge in [-0.3, -0.25) is 4.79 Å². The molecule has 5 rings (SSSR count). The van der Waals surface area contributed by atoms with Crippen LogP contribution in [0.4, 0.5) is 0 Å². The second kappa shape index (κ2) is 8.05. The lowest BCUT2D eigenvalue weighted by atomic mass is 10.0. The lowest BCUT2D eigenvalue weighted by molar-refractivity contribution is 0.101. The van der Waals surface area contributed by atoms with Crippen LogP contribution in [-0.4, -0.2) is 20.8 Å². The van der Waals surface area contributed by atoms with E-state index in [1.54, 1.807) is 6.20 Å². The summed E-state index contributed by atoms with van der Waals surface area (Å²) >= 11 is 5.96. The van der Waals surface area contributed by atoms with Crippen molar-refractivity contribution >= 4 is 28.4 Å². The van der Waals surface area contributed by atoms with Crippen molar-refractivity contribution in [1.29, 1.82) is 0 Å². The summed E-state index contributed by atoms with van der Waals surface area (Å²) in [5.74, 6) is -0.262. The minimum atomic E-state index is -0.262. The molecule has 31 heavy (non-hydrogen) atoms. The molecule has 0 aliphatic carbocycles. The van der Waals surface area contributed by atoms with Gasteiger partial charge in [-0.15, -0.1) is 0 Å². The second-order valence-electron chi connectivity index (χ2n) is 7.03. The largest absolute Gasteiger partial charge is 0.272 e. The predicted molar refractivity (Wildman–Crippen MR) is 124 cm³/mol. The number of halogens is 1. The first-order chi connectivity index (χ1) is 15.2. The van der Waals surface area contributed by atoms with Crippen LogP contribution in [0.15, 0.2) is 97.2 Å². The molecule has 5 aromatic rings. The highest BCUT2D eigenvalue weighted by molar-refractivity contribution is 6.30. The fourth-order valence-electron chi connectivity index (χ4n) is 3.45. The van der Waals surface area contributed by atoms with Crippen molar-refractivity contribution in [3.8, 4) is 22.5 Å². The van der Waals surface area contributed by atoms with Crippen molar-refractivity contribution in [1.82, 2.24) is 14.9 Å². The molecule has 0 spiro atoms. The molecule has 0 atom stereocenters. The van der Waals surface area contributed by atoms with Gasteiger partial charge in [-0.25, -0.2) is 10.4 Å². The molecule has 6 heteroatoms. The maximum Gasteiger partial charge on any atom is 0.272 e. The van der Waals surface area contributed by atoms with Crippen LogP contribution in [0.3, 0.4) is 0 Å². The first-order valence-corrected chi connectivity index (χ1v) is 10.1. The quantitative estimate of drug-likeness (QED) is 0.396. The van der Waals surface area contributed by atoms with Gasteiger partial charge < -0.3 is 0 Å². The summed E-state index contributed by atoms with van der Waals surface area (Å²) in [4.78, 5) is 19.3. The highest BCUT2D eigenvalue weighted by atomic mass is 35.5. The van der Waals surface area contributed by atoms with Crippen LogP contribution < -0.4 is 5.43 Å². The third kappa shape index (κ3) is 3.91. The van der Waals surface area contributed by atoms with Gasteiger partial charge in [0, 0.05) is 27.7 Å². The van der Waals surface area contributed by atoms with E-state index in [1.807, 2.05) is 91.0 Å². The van der Waals surface area contributed by atoms with Crippen LogP contribution in [0.5, 0.6) is 0 Å². The molecule has 2 heterocycles. The van der Waals surface area contributed by atoms with Crippen molar-refractivity contribution in [2.24, 2.45) is 0 Å². The summed E-state index contributed by atoms with van der Waals surface area (Å²) in [7, 11) is 0. The van der Waals surface area contributed by atoms with Gasteiger partial charge in [0.2, 0.25) is 0 Å². The summed E-state index contributed by atoms with van der Waals surface area (Å²) in [5.41, 5.74) is 7.48. The van der Waals surface area contributed by atoms with Crippen molar-refractivity contribution in [3.63, 3.8) is 0 Å². The number of aromatic nitrogens is 3. The Hall–Kier alpha value is -3.96. The first-order valence-electron chi connectivity index (χ1n) is 9.75. The summed E-state index contributed by atoms with van der Waals surface area (Å²) in [6, 6.07) is 28.5. The van der Waals surface area contributed by atoms with Crippen LogP contribution in [0.1, 0.15) is 10.4 Å². The number of hydrogen-bond donors (Lipinski definition) is 1. The Morgan fingerprint density at radius 3 is 2.32 bits per heavy atom. The van der Waals surface area contributed by atoms with Gasteiger partial charge in [0.05, 0.1) is 22.5 Å². The van der Waals surface area contributed by atoms with Gasteiger partial charge in [-0.1, -0.05) is 72.3 Å². The molecular formula is C25H17ClN4O. The molecule has 0 unspecified atom stereocenters. The number of hydrogen-bond acceptors (Lipinski definition) is 3. The Morgan fingerprint density at radius 2 is 1.52 bits per heavy atom. The number of pyridine rings is 1. The molecule has 0 saturated heterocycles. The van der Waals surface area contributed by atoms with Gasteiger partial charge in [0.25, 0.3) is 5.91 Å². The molecule has 1 amide bonds. The van der Waals surface area contributed by atoms with Crippen molar-refractivity contribution < 1.29 is 4.79 Å². The molecule has 0 aliphatic heterocycles. The summed E-state index contributed by atoms with van der Waals surface area (Å²) < 4.78 is 0. The first kappa shape index (κ1) is 19.0. The summed E-state index contributed by atoms with van der Waals surface area (Å²) in [5, 5.41) is 5.91. The van der Waals surface area contributed by atoms with E-state index in [0.29, 0.717) is 10.6 Å². The fraction of sp³-hybridized carbons (Fsp3) is 0. The zero-order valence-corrected chi connectivity index (χ0v) is 17.1. The Balaban J connectivity index is 1.49. The number of fused-ring (bicyclic) bond motifs is 1. The van der Waals surface area contributed by atoms with E-state index in [-0.39, 0.29) is 5.91 Å². The Bertz CT molecular complexity index is 1380. The third-order valence-corrected chi connectivity index (χ3v) is 5.23. The number of rotatable bonds is 4.